The molecule has 6 nitrogen and oxygen atoms in total. The van der Waals surface area contributed by atoms with Crippen molar-refractivity contribution in [3.63, 3.8) is 0 Å². The average Bonchev–Trinajstić information content (AvgIpc) is 2.42. The van der Waals surface area contributed by atoms with Crippen molar-refractivity contribution < 1.29 is 4.79 Å². The predicted octanol–water partition coefficient (Wildman–Crippen LogP) is 0.939. The number of rotatable bonds is 4. The summed E-state index contributed by atoms with van der Waals surface area (Å²) in [5.74, 6) is 0.678. The lowest BCUT2D eigenvalue weighted by molar-refractivity contribution is -0.121. The number of hydrogen-bond acceptors (Lipinski definition) is 3. The van der Waals surface area contributed by atoms with E-state index in [0.717, 1.165) is 25.9 Å². The molecule has 0 bridgehead atoms. The third-order valence-corrected chi connectivity index (χ3v) is 3.76. The summed E-state index contributed by atoms with van der Waals surface area (Å²) in [4.78, 5) is 18.5. The first kappa shape index (κ1) is 18.7. The molecule has 6 heteroatoms. The van der Waals surface area contributed by atoms with Crippen LogP contribution < -0.4 is 16.0 Å². The Bertz CT molecular complexity index is 378. The first-order valence-corrected chi connectivity index (χ1v) is 8.23. The van der Waals surface area contributed by atoms with Gasteiger partial charge < -0.3 is 20.9 Å². The zero-order chi connectivity index (χ0) is 16.8. The fourth-order valence-electron chi connectivity index (χ4n) is 2.57. The lowest BCUT2D eigenvalue weighted by atomic mass is 10.0. The van der Waals surface area contributed by atoms with Gasteiger partial charge in [-0.3, -0.25) is 9.79 Å². The van der Waals surface area contributed by atoms with Gasteiger partial charge in [-0.1, -0.05) is 0 Å². The number of amides is 1. The Hall–Kier alpha value is -1.30. The number of nitrogens with zero attached hydrogens (tertiary/aromatic N) is 2. The summed E-state index contributed by atoms with van der Waals surface area (Å²) in [7, 11) is 1.74. The van der Waals surface area contributed by atoms with Crippen LogP contribution in [0.5, 0.6) is 0 Å². The number of guanidine groups is 1. The summed E-state index contributed by atoms with van der Waals surface area (Å²) in [5.41, 5.74) is -0.209. The highest BCUT2D eigenvalue weighted by atomic mass is 16.2. The van der Waals surface area contributed by atoms with Gasteiger partial charge in [-0.2, -0.15) is 0 Å². The van der Waals surface area contributed by atoms with E-state index < -0.39 is 0 Å². The maximum atomic E-state index is 11.8. The van der Waals surface area contributed by atoms with E-state index in [1.165, 1.54) is 0 Å². The van der Waals surface area contributed by atoms with E-state index in [0.29, 0.717) is 18.0 Å². The summed E-state index contributed by atoms with van der Waals surface area (Å²) in [6.07, 6.45) is 2.21. The highest BCUT2D eigenvalue weighted by Crippen LogP contribution is 2.12. The maximum Gasteiger partial charge on any atom is 0.239 e. The number of nitrogens with one attached hydrogen (secondary N) is 3. The molecule has 0 atom stereocenters. The van der Waals surface area contributed by atoms with Crippen molar-refractivity contribution in [2.24, 2.45) is 4.99 Å². The zero-order valence-electron chi connectivity index (χ0n) is 15.0. The SMILES string of the molecule is CN=C(NCC(=O)NC(C)(C)C)NC1CCN(C(C)C)CC1. The zero-order valence-corrected chi connectivity index (χ0v) is 15.0. The van der Waals surface area contributed by atoms with Crippen LogP contribution in [-0.4, -0.2) is 61.1 Å². The second-order valence-corrected chi connectivity index (χ2v) is 7.27. The molecule has 1 rings (SSSR count). The number of likely N-dealkylation sites (tertiary alicyclic amines) is 1. The largest absolute Gasteiger partial charge is 0.354 e. The number of carbonyl (C=O) groups is 1. The summed E-state index contributed by atoms with van der Waals surface area (Å²) in [5, 5.41) is 9.43. The van der Waals surface area contributed by atoms with Gasteiger partial charge in [0.1, 0.15) is 0 Å². The van der Waals surface area contributed by atoms with Gasteiger partial charge >= 0.3 is 0 Å². The number of hydrogen-bond donors (Lipinski definition) is 3. The minimum atomic E-state index is -0.209. The molecule has 1 aliphatic rings. The molecule has 1 aliphatic heterocycles. The van der Waals surface area contributed by atoms with Gasteiger partial charge in [0.2, 0.25) is 5.91 Å². The number of aliphatic imine (C=N–C) groups is 1. The smallest absolute Gasteiger partial charge is 0.239 e. The quantitative estimate of drug-likeness (QED) is 0.534. The monoisotopic (exact) mass is 311 g/mol. The first-order chi connectivity index (χ1) is 10.2. The second kappa shape index (κ2) is 8.36. The van der Waals surface area contributed by atoms with E-state index in [1.807, 2.05) is 20.8 Å². The summed E-state index contributed by atoms with van der Waals surface area (Å²) >= 11 is 0. The van der Waals surface area contributed by atoms with Crippen LogP contribution in [-0.2, 0) is 4.79 Å². The Kier molecular flexibility index (Phi) is 7.13. The highest BCUT2D eigenvalue weighted by Gasteiger charge is 2.21. The molecule has 0 aliphatic carbocycles. The first-order valence-electron chi connectivity index (χ1n) is 8.23. The molecule has 1 fully saturated rings. The molecule has 1 heterocycles. The molecule has 0 aromatic heterocycles. The standard InChI is InChI=1S/C16H33N5O/c1-12(2)21-9-7-13(8-10-21)19-15(17-6)18-11-14(22)20-16(3,4)5/h12-13H,7-11H2,1-6H3,(H,20,22)(H2,17,18,19). The Labute approximate surface area is 135 Å². The molecular formula is C16H33N5O. The Morgan fingerprint density at radius 1 is 1.27 bits per heavy atom. The van der Waals surface area contributed by atoms with Crippen LogP contribution in [0.4, 0.5) is 0 Å². The minimum absolute atomic E-state index is 0.0231. The van der Waals surface area contributed by atoms with Crippen molar-refractivity contribution in [3.05, 3.63) is 0 Å². The number of piperidine rings is 1. The molecule has 1 amide bonds. The van der Waals surface area contributed by atoms with E-state index in [9.17, 15) is 4.79 Å². The average molecular weight is 311 g/mol. The molecule has 0 spiro atoms. The summed E-state index contributed by atoms with van der Waals surface area (Å²) in [6, 6.07) is 1.03. The lowest BCUT2D eigenvalue weighted by Gasteiger charge is -2.35. The molecule has 0 aromatic carbocycles. The van der Waals surface area contributed by atoms with E-state index >= 15 is 0 Å². The van der Waals surface area contributed by atoms with E-state index in [4.69, 9.17) is 0 Å². The predicted molar refractivity (Wildman–Crippen MR) is 92.1 cm³/mol. The van der Waals surface area contributed by atoms with Gasteiger partial charge in [0.05, 0.1) is 6.54 Å². The Morgan fingerprint density at radius 2 is 1.86 bits per heavy atom. The third kappa shape index (κ3) is 7.11. The fourth-order valence-corrected chi connectivity index (χ4v) is 2.57. The topological polar surface area (TPSA) is 68.8 Å². The van der Waals surface area contributed by atoms with Crippen LogP contribution in [0, 0.1) is 0 Å². The minimum Gasteiger partial charge on any atom is -0.354 e. The lowest BCUT2D eigenvalue weighted by Crippen LogP contribution is -2.52. The van der Waals surface area contributed by atoms with Gasteiger partial charge in [0.15, 0.2) is 5.96 Å². The van der Waals surface area contributed by atoms with Crippen LogP contribution in [0.25, 0.3) is 0 Å². The molecule has 0 aromatic rings. The van der Waals surface area contributed by atoms with E-state index in [-0.39, 0.29) is 18.0 Å². The molecule has 1 saturated heterocycles. The molecule has 128 valence electrons. The maximum absolute atomic E-state index is 11.8. The van der Waals surface area contributed by atoms with Crippen molar-refractivity contribution >= 4 is 11.9 Å². The van der Waals surface area contributed by atoms with Gasteiger partial charge in [-0.25, -0.2) is 0 Å². The molecular weight excluding hydrogens is 278 g/mol. The molecule has 3 N–H and O–H groups in total. The van der Waals surface area contributed by atoms with Gasteiger partial charge in [-0.05, 0) is 47.5 Å². The van der Waals surface area contributed by atoms with Crippen LogP contribution in [0.1, 0.15) is 47.5 Å². The van der Waals surface area contributed by atoms with Gasteiger partial charge in [0, 0.05) is 37.8 Å². The van der Waals surface area contributed by atoms with E-state index in [1.54, 1.807) is 7.05 Å². The van der Waals surface area contributed by atoms with Crippen molar-refractivity contribution in [3.8, 4) is 0 Å². The van der Waals surface area contributed by atoms with Crippen molar-refractivity contribution in [1.82, 2.24) is 20.9 Å². The molecule has 22 heavy (non-hydrogen) atoms. The number of carbonyl (C=O) groups excluding carboxylic acids is 1. The normalized spacial score (nSPS) is 18.4. The fraction of sp³-hybridized carbons (Fsp3) is 0.875. The molecule has 0 unspecified atom stereocenters. The van der Waals surface area contributed by atoms with E-state index in [2.05, 4.69) is 39.7 Å². The van der Waals surface area contributed by atoms with Crippen LogP contribution in [0.15, 0.2) is 4.99 Å². The van der Waals surface area contributed by atoms with Gasteiger partial charge in [-0.15, -0.1) is 0 Å². The summed E-state index contributed by atoms with van der Waals surface area (Å²) in [6.45, 7) is 12.8. The van der Waals surface area contributed by atoms with Crippen molar-refractivity contribution in [1.29, 1.82) is 0 Å². The highest BCUT2D eigenvalue weighted by molar-refractivity contribution is 5.86. The second-order valence-electron chi connectivity index (χ2n) is 7.27. The van der Waals surface area contributed by atoms with Crippen LogP contribution >= 0.6 is 0 Å². The third-order valence-electron chi connectivity index (χ3n) is 3.76. The summed E-state index contributed by atoms with van der Waals surface area (Å²) < 4.78 is 0. The Balaban J connectivity index is 2.33. The van der Waals surface area contributed by atoms with Crippen molar-refractivity contribution in [2.45, 2.75) is 65.1 Å². The Morgan fingerprint density at radius 3 is 2.32 bits per heavy atom. The molecule has 0 radical (unpaired) electrons. The molecule has 0 saturated carbocycles. The van der Waals surface area contributed by atoms with Crippen LogP contribution in [0.3, 0.4) is 0 Å². The van der Waals surface area contributed by atoms with Gasteiger partial charge in [0.25, 0.3) is 0 Å². The van der Waals surface area contributed by atoms with Crippen molar-refractivity contribution in [2.75, 3.05) is 26.7 Å². The van der Waals surface area contributed by atoms with Crippen LogP contribution in [0.2, 0.25) is 0 Å².